The van der Waals surface area contributed by atoms with E-state index >= 15 is 0 Å². The van der Waals surface area contributed by atoms with E-state index in [4.69, 9.17) is 0 Å². The normalized spacial score (nSPS) is 23.7. The third-order valence-corrected chi connectivity index (χ3v) is 5.14. The van der Waals surface area contributed by atoms with Crippen LogP contribution in [0, 0.1) is 5.41 Å². The van der Waals surface area contributed by atoms with Gasteiger partial charge in [0, 0.05) is 57.1 Å². The van der Waals surface area contributed by atoms with E-state index in [-0.39, 0.29) is 11.3 Å². The number of amides is 1. The minimum absolute atomic E-state index is 0.000285. The Bertz CT molecular complexity index is 755. The number of aromatic nitrogens is 4. The third-order valence-electron chi connectivity index (χ3n) is 5.14. The molecular formula is C17H22N6O. The second-order valence-electron chi connectivity index (χ2n) is 6.95. The summed E-state index contributed by atoms with van der Waals surface area (Å²) in [7, 11) is 1.87. The molecule has 2 aliphatic heterocycles. The van der Waals surface area contributed by atoms with E-state index < -0.39 is 0 Å². The first-order valence-electron chi connectivity index (χ1n) is 8.43. The molecule has 4 rings (SSSR count). The monoisotopic (exact) mass is 326 g/mol. The molecule has 1 atom stereocenters. The van der Waals surface area contributed by atoms with Crippen molar-refractivity contribution in [1.29, 1.82) is 0 Å². The summed E-state index contributed by atoms with van der Waals surface area (Å²) >= 11 is 0. The van der Waals surface area contributed by atoms with Gasteiger partial charge < -0.3 is 9.80 Å². The Hall–Kier alpha value is -2.44. The number of aryl methyl sites for hydroxylation is 2. The van der Waals surface area contributed by atoms with E-state index in [0.29, 0.717) is 6.42 Å². The fourth-order valence-corrected chi connectivity index (χ4v) is 3.75. The van der Waals surface area contributed by atoms with Crippen LogP contribution in [0.15, 0.2) is 24.8 Å². The first-order chi connectivity index (χ1) is 11.6. The smallest absolute Gasteiger partial charge is 0.227 e. The lowest BCUT2D eigenvalue weighted by molar-refractivity contribution is -0.117. The molecule has 0 aliphatic carbocycles. The highest BCUT2D eigenvalue weighted by Gasteiger charge is 2.48. The number of carbonyl (C=O) groups is 1. The van der Waals surface area contributed by atoms with Crippen LogP contribution in [0.3, 0.4) is 0 Å². The molecule has 2 fully saturated rings. The second kappa shape index (κ2) is 5.58. The Kier molecular flexibility index (Phi) is 3.51. The van der Waals surface area contributed by atoms with Crippen molar-refractivity contribution in [2.45, 2.75) is 26.2 Å². The Labute approximate surface area is 141 Å². The van der Waals surface area contributed by atoms with Gasteiger partial charge in [-0.2, -0.15) is 5.10 Å². The molecule has 0 N–H and O–H groups in total. The van der Waals surface area contributed by atoms with E-state index in [1.54, 1.807) is 10.9 Å². The second-order valence-corrected chi connectivity index (χ2v) is 6.95. The van der Waals surface area contributed by atoms with Gasteiger partial charge in [-0.15, -0.1) is 0 Å². The molecule has 126 valence electrons. The summed E-state index contributed by atoms with van der Waals surface area (Å²) in [5.41, 5.74) is 2.03. The summed E-state index contributed by atoms with van der Waals surface area (Å²) in [6.45, 7) is 4.59. The molecular weight excluding hydrogens is 304 g/mol. The number of nitrogens with zero attached hydrogens (tertiary/aromatic N) is 6. The van der Waals surface area contributed by atoms with E-state index in [2.05, 4.69) is 26.9 Å². The van der Waals surface area contributed by atoms with E-state index in [0.717, 1.165) is 49.7 Å². The first-order valence-corrected chi connectivity index (χ1v) is 8.43. The van der Waals surface area contributed by atoms with Gasteiger partial charge in [0.05, 0.1) is 11.9 Å². The van der Waals surface area contributed by atoms with Gasteiger partial charge in [-0.05, 0) is 18.4 Å². The zero-order valence-corrected chi connectivity index (χ0v) is 14.1. The van der Waals surface area contributed by atoms with Crippen molar-refractivity contribution < 1.29 is 4.79 Å². The molecule has 4 heterocycles. The molecule has 2 aromatic rings. The lowest BCUT2D eigenvalue weighted by atomic mass is 9.86. The Morgan fingerprint density at radius 3 is 2.67 bits per heavy atom. The lowest BCUT2D eigenvalue weighted by Gasteiger charge is -2.23. The summed E-state index contributed by atoms with van der Waals surface area (Å²) in [5.74, 6) is 0.962. The molecule has 0 saturated carbocycles. The van der Waals surface area contributed by atoms with Gasteiger partial charge in [-0.3, -0.25) is 9.48 Å². The van der Waals surface area contributed by atoms with Crippen molar-refractivity contribution in [3.63, 3.8) is 0 Å². The van der Waals surface area contributed by atoms with Crippen LogP contribution in [-0.4, -0.2) is 45.3 Å². The summed E-state index contributed by atoms with van der Waals surface area (Å²) < 4.78 is 1.73. The van der Waals surface area contributed by atoms with Crippen LogP contribution < -0.4 is 9.80 Å². The fourth-order valence-electron chi connectivity index (χ4n) is 3.75. The summed E-state index contributed by atoms with van der Waals surface area (Å²) in [6, 6.07) is 0. The van der Waals surface area contributed by atoms with Gasteiger partial charge in [0.1, 0.15) is 0 Å². The van der Waals surface area contributed by atoms with Gasteiger partial charge in [-0.1, -0.05) is 6.92 Å². The van der Waals surface area contributed by atoms with Gasteiger partial charge in [0.25, 0.3) is 0 Å². The zero-order chi connectivity index (χ0) is 16.7. The molecule has 24 heavy (non-hydrogen) atoms. The SMILES string of the molecule is CCc1cnc(N2CCC3(CC(=O)N(c4cnn(C)c4)C3)C2)nc1. The molecule has 1 unspecified atom stereocenters. The van der Waals surface area contributed by atoms with Crippen molar-refractivity contribution >= 4 is 17.5 Å². The molecule has 0 bridgehead atoms. The van der Waals surface area contributed by atoms with Crippen molar-refractivity contribution in [1.82, 2.24) is 19.7 Å². The quantitative estimate of drug-likeness (QED) is 0.853. The minimum Gasteiger partial charge on any atom is -0.340 e. The summed E-state index contributed by atoms with van der Waals surface area (Å²) in [4.78, 5) is 25.6. The average Bonchev–Trinajstić information content (AvgIpc) is 3.27. The number of carbonyl (C=O) groups excluding carboxylic acids is 1. The topological polar surface area (TPSA) is 67.2 Å². The predicted molar refractivity (Wildman–Crippen MR) is 90.9 cm³/mol. The fraction of sp³-hybridized carbons (Fsp3) is 0.529. The van der Waals surface area contributed by atoms with Crippen LogP contribution in [0.25, 0.3) is 0 Å². The molecule has 2 saturated heterocycles. The molecule has 0 radical (unpaired) electrons. The summed E-state index contributed by atoms with van der Waals surface area (Å²) in [5, 5.41) is 4.18. The highest BCUT2D eigenvalue weighted by atomic mass is 16.2. The maximum Gasteiger partial charge on any atom is 0.227 e. The van der Waals surface area contributed by atoms with Crippen molar-refractivity contribution in [3.05, 3.63) is 30.4 Å². The number of anilines is 2. The number of hydrogen-bond donors (Lipinski definition) is 0. The van der Waals surface area contributed by atoms with Crippen LogP contribution in [0.5, 0.6) is 0 Å². The van der Waals surface area contributed by atoms with E-state index in [1.165, 1.54) is 0 Å². The predicted octanol–water partition coefficient (Wildman–Crippen LogP) is 1.41. The van der Waals surface area contributed by atoms with E-state index in [9.17, 15) is 4.79 Å². The van der Waals surface area contributed by atoms with Gasteiger partial charge >= 0.3 is 0 Å². The Morgan fingerprint density at radius 1 is 1.21 bits per heavy atom. The van der Waals surface area contributed by atoms with Crippen LogP contribution in [0.2, 0.25) is 0 Å². The molecule has 2 aliphatic rings. The third kappa shape index (κ3) is 2.53. The first kappa shape index (κ1) is 15.1. The lowest BCUT2D eigenvalue weighted by Crippen LogP contribution is -2.31. The van der Waals surface area contributed by atoms with Gasteiger partial charge in [0.2, 0.25) is 11.9 Å². The van der Waals surface area contributed by atoms with Crippen LogP contribution in [0.4, 0.5) is 11.6 Å². The minimum atomic E-state index is -0.000285. The van der Waals surface area contributed by atoms with Crippen molar-refractivity contribution in [3.8, 4) is 0 Å². The van der Waals surface area contributed by atoms with Crippen LogP contribution in [0.1, 0.15) is 25.3 Å². The van der Waals surface area contributed by atoms with Gasteiger partial charge in [0.15, 0.2) is 0 Å². The number of hydrogen-bond acceptors (Lipinski definition) is 5. The summed E-state index contributed by atoms with van der Waals surface area (Å²) in [6.07, 6.45) is 9.98. The van der Waals surface area contributed by atoms with Crippen LogP contribution >= 0.6 is 0 Å². The Morgan fingerprint density at radius 2 is 2.00 bits per heavy atom. The Balaban J connectivity index is 1.50. The molecule has 1 amide bonds. The van der Waals surface area contributed by atoms with Crippen molar-refractivity contribution in [2.24, 2.45) is 12.5 Å². The zero-order valence-electron chi connectivity index (χ0n) is 14.1. The molecule has 7 nitrogen and oxygen atoms in total. The molecule has 1 spiro atoms. The maximum atomic E-state index is 12.5. The number of rotatable bonds is 3. The maximum absolute atomic E-state index is 12.5. The molecule has 0 aromatic carbocycles. The standard InChI is InChI=1S/C17H22N6O/c1-3-13-7-18-16(19-8-13)22-5-4-17(11-22)6-15(24)23(12-17)14-9-20-21(2)10-14/h7-10H,3-6,11-12H2,1-2H3. The highest BCUT2D eigenvalue weighted by molar-refractivity contribution is 5.96. The van der Waals surface area contributed by atoms with Crippen LogP contribution in [-0.2, 0) is 18.3 Å². The van der Waals surface area contributed by atoms with E-state index in [1.807, 2.05) is 30.5 Å². The average molecular weight is 326 g/mol. The molecule has 7 heteroatoms. The molecule has 2 aromatic heterocycles. The highest BCUT2D eigenvalue weighted by Crippen LogP contribution is 2.42. The largest absolute Gasteiger partial charge is 0.340 e. The van der Waals surface area contributed by atoms with Gasteiger partial charge in [-0.25, -0.2) is 9.97 Å². The van der Waals surface area contributed by atoms with Crippen molar-refractivity contribution in [2.75, 3.05) is 29.4 Å².